The molecule has 0 bridgehead atoms. The van der Waals surface area contributed by atoms with Gasteiger partial charge in [-0.3, -0.25) is 14.4 Å². The summed E-state index contributed by atoms with van der Waals surface area (Å²) in [7, 11) is 1.37. The second kappa shape index (κ2) is 12.3. The Bertz CT molecular complexity index is 1070. The van der Waals surface area contributed by atoms with Gasteiger partial charge in [0.05, 0.1) is 13.0 Å². The molecule has 0 saturated heterocycles. The van der Waals surface area contributed by atoms with Crippen LogP contribution in [0, 0.1) is 24.6 Å². The van der Waals surface area contributed by atoms with Crippen LogP contribution < -0.4 is 14.2 Å². The van der Waals surface area contributed by atoms with E-state index in [1.165, 1.54) is 44.5 Å². The summed E-state index contributed by atoms with van der Waals surface area (Å²) in [6.07, 6.45) is -0.00443. The fourth-order valence-corrected chi connectivity index (χ4v) is 3.53. The molecular weight excluding hydrogens is 457 g/mol. The third-order valence-corrected chi connectivity index (χ3v) is 5.31. The average molecular weight is 490 g/mol. The molecule has 0 saturated carbocycles. The standard InChI is InChI=1S/C26H32FNO7/c1-14(2)24(17(5)33-21-9-8-19(27)12-15(21)3)35-26(31)16(4)13-20(30)23-25(34-18(6)29)22(32-7)10-11-28-23/h8-12,14,16-17,24H,13H2,1-7H3/t16-,17+,24-/m1/s1. The minimum atomic E-state index is -0.804. The Morgan fingerprint density at radius 3 is 2.31 bits per heavy atom. The van der Waals surface area contributed by atoms with Crippen LogP contribution in [0.4, 0.5) is 4.39 Å². The summed E-state index contributed by atoms with van der Waals surface area (Å²) in [6, 6.07) is 5.66. The number of ether oxygens (including phenoxy) is 4. The lowest BCUT2D eigenvalue weighted by Gasteiger charge is -2.29. The van der Waals surface area contributed by atoms with Crippen LogP contribution >= 0.6 is 0 Å². The number of carbonyl (C=O) groups excluding carboxylic acids is 3. The number of ketones is 1. The van der Waals surface area contributed by atoms with Crippen molar-refractivity contribution in [1.29, 1.82) is 0 Å². The summed E-state index contributed by atoms with van der Waals surface area (Å²) >= 11 is 0. The molecule has 0 fully saturated rings. The number of hydrogen-bond donors (Lipinski definition) is 0. The normalized spacial score (nSPS) is 13.5. The summed E-state index contributed by atoms with van der Waals surface area (Å²) < 4.78 is 35.4. The molecule has 1 heterocycles. The molecule has 0 N–H and O–H groups in total. The first-order chi connectivity index (χ1) is 16.4. The van der Waals surface area contributed by atoms with E-state index in [9.17, 15) is 18.8 Å². The number of nitrogens with zero attached hydrogens (tertiary/aromatic N) is 1. The lowest BCUT2D eigenvalue weighted by atomic mass is 10.00. The van der Waals surface area contributed by atoms with Crippen LogP contribution in [0.5, 0.6) is 17.2 Å². The van der Waals surface area contributed by atoms with Crippen molar-refractivity contribution in [3.05, 3.63) is 47.5 Å². The highest BCUT2D eigenvalue weighted by atomic mass is 19.1. The number of carbonyl (C=O) groups is 3. The number of pyridine rings is 1. The molecule has 8 nitrogen and oxygen atoms in total. The number of esters is 2. The van der Waals surface area contributed by atoms with E-state index in [4.69, 9.17) is 18.9 Å². The van der Waals surface area contributed by atoms with Crippen molar-refractivity contribution in [2.45, 2.75) is 60.2 Å². The topological polar surface area (TPSA) is 101 Å². The summed E-state index contributed by atoms with van der Waals surface area (Å²) in [4.78, 5) is 41.3. The second-order valence-electron chi connectivity index (χ2n) is 8.69. The molecule has 2 rings (SSSR count). The molecule has 0 spiro atoms. The van der Waals surface area contributed by atoms with E-state index < -0.39 is 35.8 Å². The molecule has 0 unspecified atom stereocenters. The van der Waals surface area contributed by atoms with Gasteiger partial charge in [-0.25, -0.2) is 9.37 Å². The number of halogens is 1. The predicted molar refractivity (Wildman–Crippen MR) is 126 cm³/mol. The first-order valence-electron chi connectivity index (χ1n) is 11.3. The number of methoxy groups -OCH3 is 1. The molecule has 0 aliphatic carbocycles. The summed E-state index contributed by atoms with van der Waals surface area (Å²) in [5.74, 6) is -2.41. The van der Waals surface area contributed by atoms with E-state index in [0.29, 0.717) is 11.3 Å². The fourth-order valence-electron chi connectivity index (χ4n) is 3.53. The van der Waals surface area contributed by atoms with Gasteiger partial charge in [0.25, 0.3) is 0 Å². The van der Waals surface area contributed by atoms with Gasteiger partial charge in [0, 0.05) is 25.6 Å². The molecule has 1 aromatic heterocycles. The summed E-state index contributed by atoms with van der Waals surface area (Å²) in [6.45, 7) is 10.0. The molecular formula is C26H32FNO7. The number of hydrogen-bond acceptors (Lipinski definition) is 8. The van der Waals surface area contributed by atoms with Gasteiger partial charge in [0.15, 0.2) is 17.2 Å². The van der Waals surface area contributed by atoms with Crippen molar-refractivity contribution in [3.63, 3.8) is 0 Å². The molecule has 2 aromatic rings. The maximum absolute atomic E-state index is 13.4. The van der Waals surface area contributed by atoms with Crippen LogP contribution in [0.15, 0.2) is 30.5 Å². The lowest BCUT2D eigenvalue weighted by Crippen LogP contribution is -2.39. The second-order valence-corrected chi connectivity index (χ2v) is 8.69. The first kappa shape index (κ1) is 27.8. The van der Waals surface area contributed by atoms with Crippen molar-refractivity contribution >= 4 is 17.7 Å². The molecule has 190 valence electrons. The Balaban J connectivity index is 2.12. The van der Waals surface area contributed by atoms with Gasteiger partial charge < -0.3 is 18.9 Å². The van der Waals surface area contributed by atoms with Crippen molar-refractivity contribution < 1.29 is 37.7 Å². The Morgan fingerprint density at radius 1 is 1.06 bits per heavy atom. The lowest BCUT2D eigenvalue weighted by molar-refractivity contribution is -0.161. The highest BCUT2D eigenvalue weighted by Gasteiger charge is 2.31. The van der Waals surface area contributed by atoms with E-state index in [1.54, 1.807) is 20.8 Å². The molecule has 0 aliphatic rings. The van der Waals surface area contributed by atoms with Gasteiger partial charge >= 0.3 is 11.9 Å². The third kappa shape index (κ3) is 7.50. The highest BCUT2D eigenvalue weighted by Crippen LogP contribution is 2.31. The number of rotatable bonds is 11. The van der Waals surface area contributed by atoms with E-state index >= 15 is 0 Å². The SMILES string of the molecule is COc1ccnc(C(=O)C[C@@H](C)C(=O)O[C@H](C(C)C)[C@H](C)Oc2ccc(F)cc2C)c1OC(C)=O. The fraction of sp³-hybridized carbons (Fsp3) is 0.462. The van der Waals surface area contributed by atoms with Crippen molar-refractivity contribution in [2.75, 3.05) is 7.11 Å². The molecule has 0 radical (unpaired) electrons. The summed E-state index contributed by atoms with van der Waals surface area (Å²) in [5, 5.41) is 0. The predicted octanol–water partition coefficient (Wildman–Crippen LogP) is 4.71. The van der Waals surface area contributed by atoms with E-state index in [0.717, 1.165) is 0 Å². The number of aryl methyl sites for hydroxylation is 1. The van der Waals surface area contributed by atoms with Crippen LogP contribution in [0.25, 0.3) is 0 Å². The van der Waals surface area contributed by atoms with E-state index in [1.807, 2.05) is 13.8 Å². The number of Topliss-reactive ketones (excluding diaryl/α,β-unsaturated/α-hetero) is 1. The van der Waals surface area contributed by atoms with Crippen LogP contribution in [-0.4, -0.2) is 42.0 Å². The maximum atomic E-state index is 13.4. The molecule has 0 aliphatic heterocycles. The zero-order valence-corrected chi connectivity index (χ0v) is 21.1. The van der Waals surface area contributed by atoms with Gasteiger partial charge in [0.1, 0.15) is 23.8 Å². The molecule has 3 atom stereocenters. The van der Waals surface area contributed by atoms with Crippen molar-refractivity contribution in [3.8, 4) is 17.2 Å². The molecule has 35 heavy (non-hydrogen) atoms. The zero-order valence-electron chi connectivity index (χ0n) is 21.1. The van der Waals surface area contributed by atoms with Gasteiger partial charge in [0.2, 0.25) is 5.75 Å². The zero-order chi connectivity index (χ0) is 26.3. The summed E-state index contributed by atoms with van der Waals surface area (Å²) in [5.41, 5.74) is 0.516. The largest absolute Gasteiger partial charge is 0.493 e. The number of benzene rings is 1. The molecule has 1 aromatic carbocycles. The van der Waals surface area contributed by atoms with Gasteiger partial charge in [-0.2, -0.15) is 0 Å². The first-order valence-corrected chi connectivity index (χ1v) is 11.3. The smallest absolute Gasteiger partial charge is 0.309 e. The van der Waals surface area contributed by atoms with Gasteiger partial charge in [-0.15, -0.1) is 0 Å². The monoisotopic (exact) mass is 489 g/mol. The van der Waals surface area contributed by atoms with E-state index in [2.05, 4.69) is 4.98 Å². The Labute approximate surface area is 204 Å². The quantitative estimate of drug-likeness (QED) is 0.331. The highest BCUT2D eigenvalue weighted by molar-refractivity contribution is 5.99. The van der Waals surface area contributed by atoms with Crippen molar-refractivity contribution in [2.24, 2.45) is 11.8 Å². The van der Waals surface area contributed by atoms with Crippen LogP contribution in [0.3, 0.4) is 0 Å². The minimum absolute atomic E-state index is 0.0896. The Kier molecular flexibility index (Phi) is 9.74. The van der Waals surface area contributed by atoms with Gasteiger partial charge in [-0.05, 0) is 43.5 Å². The van der Waals surface area contributed by atoms with Crippen LogP contribution in [0.1, 0.15) is 57.1 Å². The van der Waals surface area contributed by atoms with E-state index in [-0.39, 0.29) is 35.3 Å². The molecule has 0 amide bonds. The number of aromatic nitrogens is 1. The van der Waals surface area contributed by atoms with Crippen LogP contribution in [-0.2, 0) is 14.3 Å². The van der Waals surface area contributed by atoms with Gasteiger partial charge in [-0.1, -0.05) is 20.8 Å². The average Bonchev–Trinajstić information content (AvgIpc) is 2.78. The third-order valence-electron chi connectivity index (χ3n) is 5.31. The van der Waals surface area contributed by atoms with Crippen LogP contribution in [0.2, 0.25) is 0 Å². The Hall–Kier alpha value is -3.49. The Morgan fingerprint density at radius 2 is 1.74 bits per heavy atom. The minimum Gasteiger partial charge on any atom is -0.493 e. The van der Waals surface area contributed by atoms with Crippen molar-refractivity contribution in [1.82, 2.24) is 4.98 Å². The molecule has 9 heteroatoms. The maximum Gasteiger partial charge on any atom is 0.309 e.